The number of benzene rings is 1. The zero-order valence-electron chi connectivity index (χ0n) is 13.1. The van der Waals surface area contributed by atoms with Gasteiger partial charge in [0.25, 0.3) is 5.95 Å². The molecule has 1 saturated heterocycles. The summed E-state index contributed by atoms with van der Waals surface area (Å²) < 4.78 is 0. The molecule has 2 amide bonds. The molecule has 6 heteroatoms. The number of amides is 2. The Balaban J connectivity index is 1.49. The van der Waals surface area contributed by atoms with Crippen LogP contribution in [0.25, 0.3) is 11.4 Å². The molecule has 2 fully saturated rings. The van der Waals surface area contributed by atoms with Crippen LogP contribution in [0, 0.1) is 30.6 Å². The Bertz CT molecular complexity index is 853. The molecule has 4 unspecified atom stereocenters. The molecule has 2 heterocycles. The fourth-order valence-electron chi connectivity index (χ4n) is 4.29. The third-order valence-corrected chi connectivity index (χ3v) is 5.47. The van der Waals surface area contributed by atoms with Crippen LogP contribution < -0.4 is 4.90 Å². The number of carbonyl (C=O) groups excluding carboxylic acids is 2. The van der Waals surface area contributed by atoms with E-state index in [1.165, 1.54) is 4.90 Å². The van der Waals surface area contributed by atoms with E-state index in [-0.39, 0.29) is 41.4 Å². The first kappa shape index (κ1) is 13.7. The van der Waals surface area contributed by atoms with Gasteiger partial charge in [0.05, 0.1) is 11.8 Å². The molecule has 1 aromatic heterocycles. The van der Waals surface area contributed by atoms with E-state index in [2.05, 4.69) is 27.3 Å². The Morgan fingerprint density at radius 2 is 1.67 bits per heavy atom. The normalized spacial score (nSPS) is 30.5. The second-order valence-corrected chi connectivity index (χ2v) is 6.86. The zero-order valence-corrected chi connectivity index (χ0v) is 13.1. The van der Waals surface area contributed by atoms with Crippen molar-refractivity contribution in [1.82, 2.24) is 15.2 Å². The van der Waals surface area contributed by atoms with Crippen LogP contribution in [0.15, 0.2) is 36.4 Å². The van der Waals surface area contributed by atoms with E-state index in [1.54, 1.807) is 0 Å². The van der Waals surface area contributed by atoms with E-state index >= 15 is 0 Å². The number of fused-ring (bicyclic) bond motifs is 5. The first-order chi connectivity index (χ1) is 11.6. The zero-order chi connectivity index (χ0) is 16.4. The van der Waals surface area contributed by atoms with E-state index < -0.39 is 0 Å². The number of hydrogen-bond donors (Lipinski definition) is 1. The Morgan fingerprint density at radius 1 is 1.04 bits per heavy atom. The molecule has 120 valence electrons. The average molecular weight is 320 g/mol. The number of allylic oxidation sites excluding steroid dienone is 2. The Kier molecular flexibility index (Phi) is 2.63. The van der Waals surface area contributed by atoms with Gasteiger partial charge >= 0.3 is 0 Å². The Morgan fingerprint density at radius 3 is 2.29 bits per heavy atom. The molecular formula is C18H16N4O2. The summed E-state index contributed by atoms with van der Waals surface area (Å²) in [4.78, 5) is 31.1. The number of aromatic amines is 1. The van der Waals surface area contributed by atoms with Crippen molar-refractivity contribution in [1.29, 1.82) is 0 Å². The van der Waals surface area contributed by atoms with Gasteiger partial charge in [-0.05, 0) is 25.2 Å². The standard InChI is InChI=1S/C18H16N4O2/c1-9-2-4-10(5-3-9)15-19-18(21-20-15)22-16(23)13-11-6-7-12(8-11)14(13)17(22)24/h2-7,11-14H,8H2,1H3,(H,19,20,21). The molecule has 5 rings (SSSR count). The van der Waals surface area contributed by atoms with Gasteiger partial charge in [0.2, 0.25) is 11.8 Å². The van der Waals surface area contributed by atoms with Crippen LogP contribution in [0.1, 0.15) is 12.0 Å². The molecule has 1 N–H and O–H groups in total. The predicted molar refractivity (Wildman–Crippen MR) is 86.8 cm³/mol. The highest BCUT2D eigenvalue weighted by Gasteiger charge is 2.60. The van der Waals surface area contributed by atoms with Crippen molar-refractivity contribution in [2.24, 2.45) is 23.7 Å². The Hall–Kier alpha value is -2.76. The highest BCUT2D eigenvalue weighted by Crippen LogP contribution is 2.52. The van der Waals surface area contributed by atoms with Gasteiger partial charge in [-0.3, -0.25) is 14.7 Å². The third kappa shape index (κ3) is 1.71. The topological polar surface area (TPSA) is 79.0 Å². The number of nitrogens with zero attached hydrogens (tertiary/aromatic N) is 3. The number of imide groups is 1. The molecule has 4 atom stereocenters. The number of carbonyl (C=O) groups is 2. The first-order valence-corrected chi connectivity index (χ1v) is 8.19. The third-order valence-electron chi connectivity index (χ3n) is 5.47. The number of anilines is 1. The molecule has 0 radical (unpaired) electrons. The van der Waals surface area contributed by atoms with Gasteiger partial charge in [-0.15, -0.1) is 5.10 Å². The summed E-state index contributed by atoms with van der Waals surface area (Å²) in [5, 5.41) is 6.96. The lowest BCUT2D eigenvalue weighted by molar-refractivity contribution is -0.123. The monoisotopic (exact) mass is 320 g/mol. The van der Waals surface area contributed by atoms with Crippen LogP contribution in [0.4, 0.5) is 5.95 Å². The van der Waals surface area contributed by atoms with Gasteiger partial charge in [0.15, 0.2) is 5.82 Å². The maximum Gasteiger partial charge on any atom is 0.258 e. The molecule has 2 aliphatic carbocycles. The molecule has 1 aromatic carbocycles. The lowest BCUT2D eigenvalue weighted by Crippen LogP contribution is -2.33. The number of aromatic nitrogens is 3. The molecule has 1 saturated carbocycles. The number of hydrogen-bond acceptors (Lipinski definition) is 4. The van der Waals surface area contributed by atoms with Crippen molar-refractivity contribution < 1.29 is 9.59 Å². The summed E-state index contributed by atoms with van der Waals surface area (Å²) in [6, 6.07) is 7.84. The minimum Gasteiger partial charge on any atom is -0.274 e. The van der Waals surface area contributed by atoms with Crippen LogP contribution in [-0.2, 0) is 9.59 Å². The maximum atomic E-state index is 12.8. The van der Waals surface area contributed by atoms with Gasteiger partial charge in [-0.1, -0.05) is 42.0 Å². The number of rotatable bonds is 2. The molecule has 1 aliphatic heterocycles. The van der Waals surface area contributed by atoms with Crippen molar-refractivity contribution in [3.63, 3.8) is 0 Å². The van der Waals surface area contributed by atoms with E-state index in [0.29, 0.717) is 5.82 Å². The summed E-state index contributed by atoms with van der Waals surface area (Å²) in [5.74, 6) is 0.335. The van der Waals surface area contributed by atoms with Crippen molar-refractivity contribution in [2.45, 2.75) is 13.3 Å². The summed E-state index contributed by atoms with van der Waals surface area (Å²) in [5.41, 5.74) is 2.03. The second-order valence-electron chi connectivity index (χ2n) is 6.86. The molecule has 0 spiro atoms. The van der Waals surface area contributed by atoms with Crippen LogP contribution in [-0.4, -0.2) is 27.0 Å². The largest absolute Gasteiger partial charge is 0.274 e. The number of aryl methyl sites for hydroxylation is 1. The smallest absolute Gasteiger partial charge is 0.258 e. The van der Waals surface area contributed by atoms with Crippen LogP contribution >= 0.6 is 0 Å². The highest BCUT2D eigenvalue weighted by atomic mass is 16.2. The van der Waals surface area contributed by atoms with E-state index in [9.17, 15) is 9.59 Å². The van der Waals surface area contributed by atoms with Crippen molar-refractivity contribution >= 4 is 17.8 Å². The molecule has 2 bridgehead atoms. The van der Waals surface area contributed by atoms with Gasteiger partial charge < -0.3 is 0 Å². The van der Waals surface area contributed by atoms with Crippen LogP contribution in [0.3, 0.4) is 0 Å². The summed E-state index contributed by atoms with van der Waals surface area (Å²) in [6.45, 7) is 2.01. The fourth-order valence-corrected chi connectivity index (χ4v) is 4.29. The molecule has 24 heavy (non-hydrogen) atoms. The van der Waals surface area contributed by atoms with E-state index in [1.807, 2.05) is 31.2 Å². The lowest BCUT2D eigenvalue weighted by Gasteiger charge is -2.14. The minimum absolute atomic E-state index is 0.156. The van der Waals surface area contributed by atoms with Gasteiger partial charge in [-0.2, -0.15) is 4.98 Å². The quantitative estimate of drug-likeness (QED) is 0.679. The second kappa shape index (κ2) is 4.63. The van der Waals surface area contributed by atoms with Crippen LogP contribution in [0.5, 0.6) is 0 Å². The van der Waals surface area contributed by atoms with Crippen molar-refractivity contribution in [3.05, 3.63) is 42.0 Å². The summed E-state index contributed by atoms with van der Waals surface area (Å²) in [6.07, 6.45) is 5.08. The van der Waals surface area contributed by atoms with Crippen LogP contribution in [0.2, 0.25) is 0 Å². The molecule has 3 aliphatic rings. The predicted octanol–water partition coefficient (Wildman–Crippen LogP) is 2.09. The molecular weight excluding hydrogens is 304 g/mol. The average Bonchev–Trinajstić information content (AvgIpc) is 3.32. The first-order valence-electron chi connectivity index (χ1n) is 8.19. The van der Waals surface area contributed by atoms with Gasteiger partial charge in [-0.25, -0.2) is 4.90 Å². The number of H-pyrrole nitrogens is 1. The van der Waals surface area contributed by atoms with Crippen molar-refractivity contribution in [2.75, 3.05) is 4.90 Å². The van der Waals surface area contributed by atoms with E-state index in [4.69, 9.17) is 0 Å². The summed E-state index contributed by atoms with van der Waals surface area (Å²) in [7, 11) is 0. The minimum atomic E-state index is -0.228. The Labute approximate surface area is 138 Å². The molecule has 6 nitrogen and oxygen atoms in total. The lowest BCUT2D eigenvalue weighted by atomic mass is 9.85. The SMILES string of the molecule is Cc1ccc(-c2nc(N3C(=O)C4C5C=CC(C5)C4C3=O)n[nH]2)cc1. The van der Waals surface area contributed by atoms with Crippen molar-refractivity contribution in [3.8, 4) is 11.4 Å². The number of nitrogens with one attached hydrogen (secondary N) is 1. The van der Waals surface area contributed by atoms with E-state index in [0.717, 1.165) is 17.5 Å². The molecule has 2 aromatic rings. The van der Waals surface area contributed by atoms with Gasteiger partial charge in [0, 0.05) is 5.56 Å². The van der Waals surface area contributed by atoms with Gasteiger partial charge in [0.1, 0.15) is 0 Å². The summed E-state index contributed by atoms with van der Waals surface area (Å²) >= 11 is 0. The fraction of sp³-hybridized carbons (Fsp3) is 0.333. The maximum absolute atomic E-state index is 12.8. The highest BCUT2D eigenvalue weighted by molar-refractivity contribution is 6.21.